The SMILES string of the molecule is O=C(O)c1cnccc1-c1ccc(-c2coc3cc(-c4c(O)cncc4C(=O)O)ccc3c2=O)cc1. The average molecular weight is 480 g/mol. The molecule has 0 fully saturated rings. The van der Waals surface area contributed by atoms with Gasteiger partial charge in [-0.1, -0.05) is 30.3 Å². The first-order valence-corrected chi connectivity index (χ1v) is 10.6. The van der Waals surface area contributed by atoms with Crippen LogP contribution in [0.25, 0.3) is 44.3 Å². The number of carboxylic acid groups (broad SMARTS) is 2. The molecule has 3 aromatic heterocycles. The standard InChI is InChI=1S/C27H16N2O7/c30-22-12-29-11-20(27(34)35)24(22)16-5-6-18-23(9-16)36-13-21(25(18)31)15-3-1-14(2-4-15)17-7-8-28-10-19(17)26(32)33/h1-13,30H,(H,32,33)(H,34,35). The molecule has 5 aromatic rings. The zero-order valence-electron chi connectivity index (χ0n) is 18.4. The van der Waals surface area contributed by atoms with Gasteiger partial charge in [-0.05, 0) is 40.5 Å². The molecule has 36 heavy (non-hydrogen) atoms. The molecule has 3 heterocycles. The van der Waals surface area contributed by atoms with Crippen molar-refractivity contribution in [2.45, 2.75) is 0 Å². The van der Waals surface area contributed by atoms with Crippen LogP contribution in [0, 0.1) is 0 Å². The Bertz CT molecular complexity index is 1720. The van der Waals surface area contributed by atoms with Crippen molar-refractivity contribution in [1.82, 2.24) is 9.97 Å². The number of hydrogen-bond acceptors (Lipinski definition) is 7. The lowest BCUT2D eigenvalue weighted by molar-refractivity contribution is 0.0686. The van der Waals surface area contributed by atoms with E-state index in [-0.39, 0.29) is 38.8 Å². The van der Waals surface area contributed by atoms with Crippen LogP contribution in [0.4, 0.5) is 0 Å². The number of benzene rings is 2. The van der Waals surface area contributed by atoms with Crippen LogP contribution in [0.3, 0.4) is 0 Å². The summed E-state index contributed by atoms with van der Waals surface area (Å²) in [6.45, 7) is 0. The van der Waals surface area contributed by atoms with Gasteiger partial charge in [0.2, 0.25) is 0 Å². The van der Waals surface area contributed by atoms with E-state index in [0.29, 0.717) is 27.8 Å². The van der Waals surface area contributed by atoms with Crippen molar-refractivity contribution < 1.29 is 29.3 Å². The predicted octanol–water partition coefficient (Wildman–Crippen LogP) is 4.69. The van der Waals surface area contributed by atoms with Gasteiger partial charge in [-0.3, -0.25) is 14.8 Å². The maximum atomic E-state index is 13.2. The summed E-state index contributed by atoms with van der Waals surface area (Å²) in [6.07, 6.45) is 6.37. The minimum absolute atomic E-state index is 0.0672. The van der Waals surface area contributed by atoms with E-state index in [1.54, 1.807) is 30.3 Å². The van der Waals surface area contributed by atoms with Gasteiger partial charge in [0, 0.05) is 24.2 Å². The maximum Gasteiger partial charge on any atom is 0.338 e. The molecule has 9 heteroatoms. The highest BCUT2D eigenvalue weighted by Crippen LogP contribution is 2.34. The van der Waals surface area contributed by atoms with E-state index in [1.807, 2.05) is 0 Å². The molecule has 2 aromatic carbocycles. The number of carbonyl (C=O) groups is 2. The van der Waals surface area contributed by atoms with Crippen LogP contribution in [0.15, 0.2) is 88.8 Å². The average Bonchev–Trinajstić information content (AvgIpc) is 2.88. The molecule has 0 saturated heterocycles. The van der Waals surface area contributed by atoms with Gasteiger partial charge >= 0.3 is 11.9 Å². The lowest BCUT2D eigenvalue weighted by Gasteiger charge is -2.10. The maximum absolute atomic E-state index is 13.2. The van der Waals surface area contributed by atoms with E-state index < -0.39 is 11.9 Å². The van der Waals surface area contributed by atoms with Gasteiger partial charge in [0.15, 0.2) is 5.43 Å². The Morgan fingerprint density at radius 1 is 0.750 bits per heavy atom. The van der Waals surface area contributed by atoms with Crippen LogP contribution in [0.5, 0.6) is 5.75 Å². The summed E-state index contributed by atoms with van der Waals surface area (Å²) in [6, 6.07) is 13.0. The Balaban J connectivity index is 1.55. The van der Waals surface area contributed by atoms with Gasteiger partial charge in [-0.15, -0.1) is 0 Å². The molecule has 3 N–H and O–H groups in total. The molecule has 176 valence electrons. The lowest BCUT2D eigenvalue weighted by atomic mass is 9.97. The number of nitrogens with zero attached hydrogens (tertiary/aromatic N) is 2. The summed E-state index contributed by atoms with van der Waals surface area (Å²) in [5.41, 5.74) is 2.24. The van der Waals surface area contributed by atoms with Crippen LogP contribution in [-0.4, -0.2) is 37.2 Å². The quantitative estimate of drug-likeness (QED) is 0.325. The monoisotopic (exact) mass is 480 g/mol. The molecular formula is C27H16N2O7. The van der Waals surface area contributed by atoms with Crippen LogP contribution < -0.4 is 5.43 Å². The second kappa shape index (κ2) is 8.80. The molecule has 9 nitrogen and oxygen atoms in total. The Hall–Kier alpha value is -5.31. The van der Waals surface area contributed by atoms with Crippen molar-refractivity contribution in [3.63, 3.8) is 0 Å². The Morgan fingerprint density at radius 2 is 1.39 bits per heavy atom. The van der Waals surface area contributed by atoms with Gasteiger partial charge in [0.25, 0.3) is 0 Å². The lowest BCUT2D eigenvalue weighted by Crippen LogP contribution is -2.05. The van der Waals surface area contributed by atoms with Crippen LogP contribution in [0.2, 0.25) is 0 Å². The topological polar surface area (TPSA) is 151 Å². The number of aromatic carboxylic acids is 2. The summed E-state index contributed by atoms with van der Waals surface area (Å²) >= 11 is 0. The van der Waals surface area contributed by atoms with E-state index in [0.717, 1.165) is 12.4 Å². The zero-order chi connectivity index (χ0) is 25.4. The molecule has 0 atom stereocenters. The number of rotatable bonds is 5. The Labute approximate surface area is 202 Å². The summed E-state index contributed by atoms with van der Waals surface area (Å²) in [5, 5.41) is 29.3. The molecule has 5 rings (SSSR count). The predicted molar refractivity (Wildman–Crippen MR) is 130 cm³/mol. The molecule has 0 aliphatic carbocycles. The molecule has 0 aliphatic heterocycles. The third-order valence-corrected chi connectivity index (χ3v) is 5.78. The highest BCUT2D eigenvalue weighted by atomic mass is 16.4. The Morgan fingerprint density at radius 3 is 2.08 bits per heavy atom. The first-order chi connectivity index (χ1) is 17.3. The van der Waals surface area contributed by atoms with Crippen molar-refractivity contribution in [3.05, 3.63) is 101 Å². The number of hydrogen-bond donors (Lipinski definition) is 3. The largest absolute Gasteiger partial charge is 0.506 e. The molecule has 0 saturated carbocycles. The van der Waals surface area contributed by atoms with Crippen molar-refractivity contribution in [1.29, 1.82) is 0 Å². The number of aromatic hydroxyl groups is 1. The molecule has 0 spiro atoms. The first kappa shape index (κ1) is 22.5. The molecule has 0 aliphatic rings. The molecule has 0 radical (unpaired) electrons. The smallest absolute Gasteiger partial charge is 0.338 e. The van der Waals surface area contributed by atoms with Gasteiger partial charge in [0.05, 0.1) is 28.3 Å². The van der Waals surface area contributed by atoms with Crippen molar-refractivity contribution >= 4 is 22.9 Å². The fraction of sp³-hybridized carbons (Fsp3) is 0. The van der Waals surface area contributed by atoms with Crippen molar-refractivity contribution in [2.75, 3.05) is 0 Å². The van der Waals surface area contributed by atoms with E-state index in [9.17, 15) is 29.7 Å². The Kier molecular flexibility index (Phi) is 5.50. The van der Waals surface area contributed by atoms with Gasteiger partial charge < -0.3 is 19.7 Å². The van der Waals surface area contributed by atoms with Crippen LogP contribution in [0.1, 0.15) is 20.7 Å². The summed E-state index contributed by atoms with van der Waals surface area (Å²) in [4.78, 5) is 43.9. The van der Waals surface area contributed by atoms with E-state index in [2.05, 4.69) is 9.97 Å². The number of carboxylic acids is 2. The highest BCUT2D eigenvalue weighted by Gasteiger charge is 2.18. The second-order valence-electron chi connectivity index (χ2n) is 7.88. The highest BCUT2D eigenvalue weighted by molar-refractivity contribution is 5.99. The van der Waals surface area contributed by atoms with E-state index in [4.69, 9.17) is 4.42 Å². The van der Waals surface area contributed by atoms with Crippen LogP contribution >= 0.6 is 0 Å². The normalized spacial score (nSPS) is 10.9. The molecular weight excluding hydrogens is 464 g/mol. The van der Waals surface area contributed by atoms with Crippen molar-refractivity contribution in [3.8, 4) is 39.1 Å². The first-order valence-electron chi connectivity index (χ1n) is 10.6. The van der Waals surface area contributed by atoms with Gasteiger partial charge in [-0.25, -0.2) is 9.59 Å². The van der Waals surface area contributed by atoms with Crippen LogP contribution in [-0.2, 0) is 0 Å². The zero-order valence-corrected chi connectivity index (χ0v) is 18.4. The summed E-state index contributed by atoms with van der Waals surface area (Å²) in [5.74, 6) is -2.66. The number of fused-ring (bicyclic) bond motifs is 1. The summed E-state index contributed by atoms with van der Waals surface area (Å²) < 4.78 is 5.72. The van der Waals surface area contributed by atoms with E-state index >= 15 is 0 Å². The molecule has 0 unspecified atom stereocenters. The van der Waals surface area contributed by atoms with E-state index in [1.165, 1.54) is 36.9 Å². The number of pyridine rings is 2. The fourth-order valence-electron chi connectivity index (χ4n) is 4.04. The van der Waals surface area contributed by atoms with Gasteiger partial charge in [0.1, 0.15) is 17.6 Å². The summed E-state index contributed by atoms with van der Waals surface area (Å²) in [7, 11) is 0. The third kappa shape index (κ3) is 3.84. The minimum Gasteiger partial charge on any atom is -0.506 e. The fourth-order valence-corrected chi connectivity index (χ4v) is 4.04. The minimum atomic E-state index is -1.25. The van der Waals surface area contributed by atoms with Crippen molar-refractivity contribution in [2.24, 2.45) is 0 Å². The molecule has 0 amide bonds. The van der Waals surface area contributed by atoms with Gasteiger partial charge in [-0.2, -0.15) is 0 Å². The third-order valence-electron chi connectivity index (χ3n) is 5.78. The molecule has 0 bridgehead atoms. The second-order valence-corrected chi connectivity index (χ2v) is 7.88. The number of aromatic nitrogens is 2.